The van der Waals surface area contributed by atoms with Crippen LogP contribution in [0.1, 0.15) is 5.56 Å². The average molecular weight is 215 g/mol. The van der Waals surface area contributed by atoms with Crippen molar-refractivity contribution in [1.82, 2.24) is 9.97 Å². The quantitative estimate of drug-likeness (QED) is 0.582. The molecule has 1 aromatic heterocycles. The van der Waals surface area contributed by atoms with Gasteiger partial charge in [-0.3, -0.25) is 9.97 Å². The molecule has 0 aliphatic rings. The Kier molecular flexibility index (Phi) is 2.51. The normalized spacial score (nSPS) is 11.0. The lowest BCUT2D eigenvalue weighted by Gasteiger charge is -2.03. The predicted molar refractivity (Wildman–Crippen MR) is 60.6 cm³/mol. The van der Waals surface area contributed by atoms with E-state index in [1.54, 1.807) is 24.5 Å². The zero-order valence-corrected chi connectivity index (χ0v) is 8.29. The van der Waals surface area contributed by atoms with Crippen molar-refractivity contribution in [3.63, 3.8) is 0 Å². The first-order chi connectivity index (χ1) is 7.68. The first-order valence-electron chi connectivity index (χ1n) is 4.58. The van der Waals surface area contributed by atoms with Crippen molar-refractivity contribution in [2.75, 3.05) is 5.73 Å². The summed E-state index contributed by atoms with van der Waals surface area (Å²) in [5, 5.41) is 8.57. The van der Waals surface area contributed by atoms with Crippen LogP contribution in [0.4, 0.5) is 5.69 Å². The fraction of sp³-hybridized carbons (Fsp3) is 0. The van der Waals surface area contributed by atoms with Crippen molar-refractivity contribution in [2.24, 2.45) is 0 Å². The third-order valence-electron chi connectivity index (χ3n) is 2.11. The number of hydrogen-bond acceptors (Lipinski definition) is 4. The first-order valence-corrected chi connectivity index (χ1v) is 4.58. The lowest BCUT2D eigenvalue weighted by molar-refractivity contribution is -0.131. The molecule has 1 aromatic carbocycles. The summed E-state index contributed by atoms with van der Waals surface area (Å²) >= 11 is 0. The maximum Gasteiger partial charge on any atom is 0.328 e. The molecular formula is C11H9N3O2. The van der Waals surface area contributed by atoms with Crippen LogP contribution in [-0.4, -0.2) is 21.0 Å². The monoisotopic (exact) mass is 215 g/mol. The van der Waals surface area contributed by atoms with Crippen molar-refractivity contribution in [2.45, 2.75) is 0 Å². The van der Waals surface area contributed by atoms with Gasteiger partial charge in [0, 0.05) is 29.7 Å². The van der Waals surface area contributed by atoms with Crippen molar-refractivity contribution in [3.8, 4) is 0 Å². The van der Waals surface area contributed by atoms with E-state index < -0.39 is 5.97 Å². The van der Waals surface area contributed by atoms with E-state index in [1.807, 2.05) is 0 Å². The molecule has 0 aliphatic carbocycles. The molecule has 0 amide bonds. The molecule has 0 saturated carbocycles. The number of nitrogens with two attached hydrogens (primary N) is 1. The second-order valence-electron chi connectivity index (χ2n) is 3.16. The summed E-state index contributed by atoms with van der Waals surface area (Å²) < 4.78 is 0. The number of nitrogen functional groups attached to an aromatic ring is 1. The van der Waals surface area contributed by atoms with Gasteiger partial charge in [-0.1, -0.05) is 0 Å². The SMILES string of the molecule is Nc1ccc2nccnc2c1C=CC(=O)O. The van der Waals surface area contributed by atoms with Gasteiger partial charge in [-0.25, -0.2) is 4.79 Å². The summed E-state index contributed by atoms with van der Waals surface area (Å²) in [5.74, 6) is -1.03. The van der Waals surface area contributed by atoms with Gasteiger partial charge in [0.25, 0.3) is 0 Å². The minimum atomic E-state index is -1.03. The van der Waals surface area contributed by atoms with Crippen LogP contribution in [0.25, 0.3) is 17.1 Å². The van der Waals surface area contributed by atoms with Crippen LogP contribution in [0.2, 0.25) is 0 Å². The maximum atomic E-state index is 10.5. The lowest BCUT2D eigenvalue weighted by atomic mass is 10.1. The number of carboxylic acids is 1. The number of anilines is 1. The minimum Gasteiger partial charge on any atom is -0.478 e. The number of nitrogens with zero attached hydrogens (tertiary/aromatic N) is 2. The van der Waals surface area contributed by atoms with Gasteiger partial charge >= 0.3 is 5.97 Å². The van der Waals surface area contributed by atoms with E-state index in [-0.39, 0.29) is 0 Å². The van der Waals surface area contributed by atoms with Gasteiger partial charge in [-0.15, -0.1) is 0 Å². The highest BCUT2D eigenvalue weighted by molar-refractivity contribution is 5.94. The van der Waals surface area contributed by atoms with E-state index in [9.17, 15) is 4.79 Å². The molecule has 0 unspecified atom stereocenters. The number of fused-ring (bicyclic) bond motifs is 1. The highest BCUT2D eigenvalue weighted by Gasteiger charge is 2.04. The Morgan fingerprint density at radius 3 is 2.81 bits per heavy atom. The van der Waals surface area contributed by atoms with Crippen LogP contribution in [0.3, 0.4) is 0 Å². The van der Waals surface area contributed by atoms with Gasteiger partial charge in [-0.2, -0.15) is 0 Å². The first kappa shape index (κ1) is 10.1. The van der Waals surface area contributed by atoms with E-state index in [2.05, 4.69) is 9.97 Å². The predicted octanol–water partition coefficient (Wildman–Crippen LogP) is 1.31. The van der Waals surface area contributed by atoms with E-state index in [0.29, 0.717) is 22.3 Å². The molecule has 16 heavy (non-hydrogen) atoms. The number of aromatic nitrogens is 2. The molecule has 3 N–H and O–H groups in total. The van der Waals surface area contributed by atoms with Crippen molar-refractivity contribution < 1.29 is 9.90 Å². The van der Waals surface area contributed by atoms with E-state index >= 15 is 0 Å². The van der Waals surface area contributed by atoms with Gasteiger partial charge in [-0.05, 0) is 18.2 Å². The molecule has 2 aromatic rings. The molecule has 0 aliphatic heterocycles. The summed E-state index contributed by atoms with van der Waals surface area (Å²) in [6, 6.07) is 3.42. The molecule has 5 heteroatoms. The van der Waals surface area contributed by atoms with E-state index in [1.165, 1.54) is 6.08 Å². The highest BCUT2D eigenvalue weighted by atomic mass is 16.4. The van der Waals surface area contributed by atoms with Gasteiger partial charge in [0.2, 0.25) is 0 Å². The zero-order chi connectivity index (χ0) is 11.5. The molecular weight excluding hydrogens is 206 g/mol. The summed E-state index contributed by atoms with van der Waals surface area (Å²) in [5.41, 5.74) is 8.09. The second-order valence-corrected chi connectivity index (χ2v) is 3.16. The van der Waals surface area contributed by atoms with Crippen LogP contribution in [0.5, 0.6) is 0 Å². The van der Waals surface area contributed by atoms with Crippen molar-refractivity contribution in [3.05, 3.63) is 36.2 Å². The molecule has 1 heterocycles. The number of benzene rings is 1. The molecule has 80 valence electrons. The number of aliphatic carboxylic acids is 1. The Morgan fingerprint density at radius 2 is 2.06 bits per heavy atom. The third-order valence-corrected chi connectivity index (χ3v) is 2.11. The van der Waals surface area contributed by atoms with Gasteiger partial charge < -0.3 is 10.8 Å². The minimum absolute atomic E-state index is 0.477. The summed E-state index contributed by atoms with van der Waals surface area (Å²) in [4.78, 5) is 18.7. The summed E-state index contributed by atoms with van der Waals surface area (Å²) in [6.45, 7) is 0. The number of carbonyl (C=O) groups is 1. The van der Waals surface area contributed by atoms with Crippen LogP contribution in [-0.2, 0) is 4.79 Å². The maximum absolute atomic E-state index is 10.5. The smallest absolute Gasteiger partial charge is 0.328 e. The Bertz CT molecular complexity index is 578. The average Bonchev–Trinajstić information content (AvgIpc) is 2.27. The molecule has 0 fully saturated rings. The zero-order valence-electron chi connectivity index (χ0n) is 8.29. The van der Waals surface area contributed by atoms with Crippen molar-refractivity contribution >= 4 is 28.8 Å². The van der Waals surface area contributed by atoms with Gasteiger partial charge in [0.05, 0.1) is 11.0 Å². The largest absolute Gasteiger partial charge is 0.478 e. The van der Waals surface area contributed by atoms with E-state index in [4.69, 9.17) is 10.8 Å². The van der Waals surface area contributed by atoms with Crippen LogP contribution < -0.4 is 5.73 Å². The van der Waals surface area contributed by atoms with Crippen LogP contribution in [0.15, 0.2) is 30.6 Å². The molecule has 0 atom stereocenters. The Labute approximate surface area is 91.3 Å². The second kappa shape index (κ2) is 3.98. The van der Waals surface area contributed by atoms with E-state index in [0.717, 1.165) is 6.08 Å². The fourth-order valence-corrected chi connectivity index (χ4v) is 1.40. The lowest BCUT2D eigenvalue weighted by Crippen LogP contribution is -1.94. The Balaban J connectivity index is 2.66. The standard InChI is InChI=1S/C11H9N3O2/c12-8-2-3-9-11(14-6-5-13-9)7(8)1-4-10(15)16/h1-6H,12H2,(H,15,16). The summed E-state index contributed by atoms with van der Waals surface area (Å²) in [7, 11) is 0. The molecule has 0 bridgehead atoms. The molecule has 0 radical (unpaired) electrons. The third kappa shape index (κ3) is 1.83. The van der Waals surface area contributed by atoms with Crippen molar-refractivity contribution in [1.29, 1.82) is 0 Å². The summed E-state index contributed by atoms with van der Waals surface area (Å²) in [6.07, 6.45) is 5.57. The number of carboxylic acid groups (broad SMARTS) is 1. The highest BCUT2D eigenvalue weighted by Crippen LogP contribution is 2.22. The molecule has 0 spiro atoms. The Morgan fingerprint density at radius 1 is 1.31 bits per heavy atom. The van der Waals surface area contributed by atoms with Gasteiger partial charge in [0.15, 0.2) is 0 Å². The number of rotatable bonds is 2. The van der Waals surface area contributed by atoms with Crippen LogP contribution in [0, 0.1) is 0 Å². The molecule has 5 nitrogen and oxygen atoms in total. The fourth-order valence-electron chi connectivity index (χ4n) is 1.40. The number of hydrogen-bond donors (Lipinski definition) is 2. The molecule has 2 rings (SSSR count). The molecule has 0 saturated heterocycles. The topological polar surface area (TPSA) is 89.1 Å². The van der Waals surface area contributed by atoms with Gasteiger partial charge in [0.1, 0.15) is 0 Å². The van der Waals surface area contributed by atoms with Crippen LogP contribution >= 0.6 is 0 Å². The Hall–Kier alpha value is -2.43.